The summed E-state index contributed by atoms with van der Waals surface area (Å²) < 4.78 is 0. The van der Waals surface area contributed by atoms with Crippen molar-refractivity contribution in [2.24, 2.45) is 0 Å². The average molecular weight is 213 g/mol. The van der Waals surface area contributed by atoms with Crippen LogP contribution in [0.15, 0.2) is 0 Å². The monoisotopic (exact) mass is 213 g/mol. The van der Waals surface area contributed by atoms with E-state index in [0.29, 0.717) is 18.5 Å². The van der Waals surface area contributed by atoms with Gasteiger partial charge in [0.05, 0.1) is 0 Å². The number of hydrogen-bond acceptors (Lipinski definition) is 3. The van der Waals surface area contributed by atoms with Crippen LogP contribution in [0.5, 0.6) is 0 Å². The molecule has 0 spiro atoms. The maximum Gasteiger partial charge on any atom is 0.221 e. The van der Waals surface area contributed by atoms with Crippen molar-refractivity contribution in [2.75, 3.05) is 27.2 Å². The van der Waals surface area contributed by atoms with Crippen molar-refractivity contribution in [2.45, 2.75) is 38.3 Å². The highest BCUT2D eigenvalue weighted by Crippen LogP contribution is 2.08. The van der Waals surface area contributed by atoms with E-state index in [1.54, 1.807) is 0 Å². The molecule has 1 heterocycles. The number of nitrogens with zero attached hydrogens (tertiary/aromatic N) is 1. The second-order valence-electron chi connectivity index (χ2n) is 4.61. The molecule has 1 saturated heterocycles. The molecule has 15 heavy (non-hydrogen) atoms. The first kappa shape index (κ1) is 12.5. The van der Waals surface area contributed by atoms with Crippen molar-refractivity contribution in [1.82, 2.24) is 15.5 Å². The molecule has 2 atom stereocenters. The molecule has 0 bridgehead atoms. The first-order valence-corrected chi connectivity index (χ1v) is 5.76. The summed E-state index contributed by atoms with van der Waals surface area (Å²) in [6, 6.07) is 0.796. The third kappa shape index (κ3) is 4.62. The van der Waals surface area contributed by atoms with Crippen LogP contribution in [0.3, 0.4) is 0 Å². The fourth-order valence-electron chi connectivity index (χ4n) is 1.67. The molecule has 4 heteroatoms. The van der Waals surface area contributed by atoms with Crippen molar-refractivity contribution in [3.05, 3.63) is 0 Å². The minimum absolute atomic E-state index is 0.170. The van der Waals surface area contributed by atoms with E-state index in [2.05, 4.69) is 22.5 Å². The number of carbonyl (C=O) groups is 1. The van der Waals surface area contributed by atoms with Gasteiger partial charge in [-0.15, -0.1) is 0 Å². The van der Waals surface area contributed by atoms with E-state index >= 15 is 0 Å². The van der Waals surface area contributed by atoms with Crippen molar-refractivity contribution in [1.29, 1.82) is 0 Å². The number of amides is 1. The van der Waals surface area contributed by atoms with Gasteiger partial charge >= 0.3 is 0 Å². The average Bonchev–Trinajstić information content (AvgIpc) is 2.66. The molecular weight excluding hydrogens is 190 g/mol. The minimum atomic E-state index is 0.170. The molecule has 0 aromatic carbocycles. The Kier molecular flexibility index (Phi) is 5.05. The number of carbonyl (C=O) groups excluding carboxylic acids is 1. The first-order chi connectivity index (χ1) is 7.09. The molecule has 88 valence electrons. The predicted molar refractivity (Wildman–Crippen MR) is 61.8 cm³/mol. The zero-order valence-corrected chi connectivity index (χ0v) is 10.0. The second kappa shape index (κ2) is 6.08. The molecule has 2 unspecified atom stereocenters. The Bertz CT molecular complexity index is 200. The van der Waals surface area contributed by atoms with Gasteiger partial charge in [-0.3, -0.25) is 4.79 Å². The smallest absolute Gasteiger partial charge is 0.221 e. The molecule has 1 amide bonds. The zero-order valence-electron chi connectivity index (χ0n) is 10.0. The van der Waals surface area contributed by atoms with Gasteiger partial charge < -0.3 is 15.5 Å². The topological polar surface area (TPSA) is 44.4 Å². The van der Waals surface area contributed by atoms with Gasteiger partial charge in [-0.2, -0.15) is 0 Å². The lowest BCUT2D eigenvalue weighted by molar-refractivity contribution is -0.121. The summed E-state index contributed by atoms with van der Waals surface area (Å²) in [6.07, 6.45) is 2.96. The summed E-state index contributed by atoms with van der Waals surface area (Å²) in [5.74, 6) is 0.170. The number of hydrogen-bond donors (Lipinski definition) is 2. The minimum Gasteiger partial charge on any atom is -0.354 e. The molecule has 1 fully saturated rings. The maximum atomic E-state index is 11.6. The lowest BCUT2D eigenvalue weighted by atomic mass is 10.1. The third-order valence-corrected chi connectivity index (χ3v) is 3.07. The molecule has 1 rings (SSSR count). The molecule has 0 saturated carbocycles. The quantitative estimate of drug-likeness (QED) is 0.685. The molecule has 2 N–H and O–H groups in total. The lowest BCUT2D eigenvalue weighted by Gasteiger charge is -2.20. The number of likely N-dealkylation sites (N-methyl/N-ethyl adjacent to an activating group) is 1. The maximum absolute atomic E-state index is 11.6. The van der Waals surface area contributed by atoms with Crippen LogP contribution in [0.2, 0.25) is 0 Å². The molecule has 0 aliphatic carbocycles. The Balaban J connectivity index is 2.12. The van der Waals surface area contributed by atoms with E-state index in [0.717, 1.165) is 19.5 Å². The normalized spacial score (nSPS) is 23.1. The molecule has 0 aromatic heterocycles. The van der Waals surface area contributed by atoms with Crippen LogP contribution in [-0.2, 0) is 4.79 Å². The fraction of sp³-hybridized carbons (Fsp3) is 0.909. The Hall–Kier alpha value is -0.610. The van der Waals surface area contributed by atoms with E-state index in [4.69, 9.17) is 0 Å². The van der Waals surface area contributed by atoms with Gasteiger partial charge in [0.1, 0.15) is 0 Å². The Morgan fingerprint density at radius 1 is 1.60 bits per heavy atom. The summed E-state index contributed by atoms with van der Waals surface area (Å²) >= 11 is 0. The highest BCUT2D eigenvalue weighted by molar-refractivity contribution is 5.76. The van der Waals surface area contributed by atoms with Gasteiger partial charge in [0.25, 0.3) is 0 Å². The van der Waals surface area contributed by atoms with Crippen LogP contribution < -0.4 is 10.6 Å². The van der Waals surface area contributed by atoms with E-state index < -0.39 is 0 Å². The summed E-state index contributed by atoms with van der Waals surface area (Å²) in [6.45, 7) is 3.90. The molecule has 0 radical (unpaired) electrons. The summed E-state index contributed by atoms with van der Waals surface area (Å²) in [4.78, 5) is 13.7. The molecule has 1 aliphatic rings. The van der Waals surface area contributed by atoms with Crippen LogP contribution in [0, 0.1) is 0 Å². The fourth-order valence-corrected chi connectivity index (χ4v) is 1.67. The molecule has 0 aromatic rings. The highest BCUT2D eigenvalue weighted by Gasteiger charge is 2.17. The largest absolute Gasteiger partial charge is 0.354 e. The van der Waals surface area contributed by atoms with Gasteiger partial charge in [0.15, 0.2) is 0 Å². The van der Waals surface area contributed by atoms with Crippen molar-refractivity contribution in [3.8, 4) is 0 Å². The zero-order chi connectivity index (χ0) is 11.3. The Morgan fingerprint density at radius 2 is 2.33 bits per heavy atom. The van der Waals surface area contributed by atoms with Crippen LogP contribution in [0.1, 0.15) is 26.2 Å². The number of nitrogens with one attached hydrogen (secondary N) is 2. The van der Waals surface area contributed by atoms with Gasteiger partial charge in [0.2, 0.25) is 5.91 Å². The lowest BCUT2D eigenvalue weighted by Crippen LogP contribution is -2.40. The Labute approximate surface area is 92.4 Å². The molecular formula is C11H23N3O. The SMILES string of the molecule is CC(CNC(=O)CC1CCCN1)N(C)C. The predicted octanol–water partition coefficient (Wildman–Crippen LogP) is 0.195. The van der Waals surface area contributed by atoms with E-state index in [-0.39, 0.29) is 5.91 Å². The van der Waals surface area contributed by atoms with Gasteiger partial charge in [-0.1, -0.05) is 0 Å². The van der Waals surface area contributed by atoms with Gasteiger partial charge in [-0.25, -0.2) is 0 Å². The van der Waals surface area contributed by atoms with Crippen molar-refractivity contribution in [3.63, 3.8) is 0 Å². The van der Waals surface area contributed by atoms with Crippen LogP contribution in [-0.4, -0.2) is 50.1 Å². The standard InChI is InChI=1S/C11H23N3O/c1-9(14(2)3)8-13-11(15)7-10-5-4-6-12-10/h9-10,12H,4-8H2,1-3H3,(H,13,15). The first-order valence-electron chi connectivity index (χ1n) is 5.76. The number of rotatable bonds is 5. The van der Waals surface area contributed by atoms with Crippen LogP contribution in [0.25, 0.3) is 0 Å². The summed E-state index contributed by atoms with van der Waals surface area (Å²) in [7, 11) is 4.05. The van der Waals surface area contributed by atoms with Crippen LogP contribution >= 0.6 is 0 Å². The van der Waals surface area contributed by atoms with E-state index in [1.807, 2.05) is 14.1 Å². The molecule has 1 aliphatic heterocycles. The van der Waals surface area contributed by atoms with Gasteiger partial charge in [-0.05, 0) is 40.4 Å². The molecule has 4 nitrogen and oxygen atoms in total. The van der Waals surface area contributed by atoms with Crippen molar-refractivity contribution >= 4 is 5.91 Å². The second-order valence-corrected chi connectivity index (χ2v) is 4.61. The Morgan fingerprint density at radius 3 is 2.87 bits per heavy atom. The van der Waals surface area contributed by atoms with E-state index in [9.17, 15) is 4.79 Å². The summed E-state index contributed by atoms with van der Waals surface area (Å²) in [5, 5.41) is 6.30. The van der Waals surface area contributed by atoms with Gasteiger partial charge in [0, 0.05) is 25.0 Å². The summed E-state index contributed by atoms with van der Waals surface area (Å²) in [5.41, 5.74) is 0. The van der Waals surface area contributed by atoms with Crippen LogP contribution in [0.4, 0.5) is 0 Å². The van der Waals surface area contributed by atoms with Crippen molar-refractivity contribution < 1.29 is 4.79 Å². The third-order valence-electron chi connectivity index (χ3n) is 3.07. The highest BCUT2D eigenvalue weighted by atomic mass is 16.1. The van der Waals surface area contributed by atoms with E-state index in [1.165, 1.54) is 6.42 Å².